The van der Waals surface area contributed by atoms with Crippen molar-refractivity contribution in [1.29, 1.82) is 0 Å². The Morgan fingerprint density at radius 2 is 1.85 bits per heavy atom. The van der Waals surface area contributed by atoms with E-state index in [1.807, 2.05) is 0 Å². The molecule has 0 saturated heterocycles. The quantitative estimate of drug-likeness (QED) is 0.452. The second-order valence-corrected chi connectivity index (χ2v) is 4.54. The summed E-state index contributed by atoms with van der Waals surface area (Å²) in [7, 11) is 0. The third-order valence-electron chi connectivity index (χ3n) is 1.53. The van der Waals surface area contributed by atoms with Gasteiger partial charge in [-0.3, -0.25) is 0 Å². The van der Waals surface area contributed by atoms with E-state index in [1.54, 1.807) is 11.8 Å². The molecule has 4 heteroatoms. The van der Waals surface area contributed by atoms with Gasteiger partial charge in [0.2, 0.25) is 0 Å². The smallest absolute Gasteiger partial charge is 0.133 e. The van der Waals surface area contributed by atoms with Crippen LogP contribution in [0.15, 0.2) is 0 Å². The standard InChI is InChI=1S/C9H19NS2.Zn/c1-3-5-7-10-9(11)12-8-6-4-2;/h3-8H2,1-2H3,(H,10,11);. The van der Waals surface area contributed by atoms with Crippen LogP contribution in [-0.2, 0) is 19.5 Å². The molecule has 0 bridgehead atoms. The summed E-state index contributed by atoms with van der Waals surface area (Å²) in [4.78, 5) is 0. The van der Waals surface area contributed by atoms with Crippen molar-refractivity contribution in [2.24, 2.45) is 0 Å². The number of rotatable bonds is 6. The molecule has 0 unspecified atom stereocenters. The second-order valence-electron chi connectivity index (χ2n) is 2.77. The first kappa shape index (κ1) is 16.3. The number of hydrogen-bond donors (Lipinski definition) is 1. The predicted molar refractivity (Wildman–Crippen MR) is 62.9 cm³/mol. The number of nitrogens with one attached hydrogen (secondary N) is 1. The van der Waals surface area contributed by atoms with E-state index in [0.717, 1.165) is 16.6 Å². The van der Waals surface area contributed by atoms with E-state index in [0.29, 0.717) is 0 Å². The van der Waals surface area contributed by atoms with Crippen molar-refractivity contribution in [3.63, 3.8) is 0 Å². The summed E-state index contributed by atoms with van der Waals surface area (Å²) in [5.41, 5.74) is 0. The Bertz CT molecular complexity index is 108. The average molecular weight is 271 g/mol. The van der Waals surface area contributed by atoms with Crippen molar-refractivity contribution in [2.45, 2.75) is 39.5 Å². The molecule has 0 aromatic heterocycles. The molecule has 0 aliphatic rings. The summed E-state index contributed by atoms with van der Waals surface area (Å²) >= 11 is 6.90. The first-order chi connectivity index (χ1) is 5.81. The molecule has 0 amide bonds. The van der Waals surface area contributed by atoms with E-state index < -0.39 is 0 Å². The fourth-order valence-corrected chi connectivity index (χ4v) is 1.90. The summed E-state index contributed by atoms with van der Waals surface area (Å²) < 4.78 is 0.969. The van der Waals surface area contributed by atoms with Crippen LogP contribution >= 0.6 is 24.0 Å². The molecule has 0 heterocycles. The Labute approximate surface area is 105 Å². The van der Waals surface area contributed by atoms with Crippen molar-refractivity contribution >= 4 is 28.3 Å². The molecular formula is C9H19NS2Zn. The van der Waals surface area contributed by atoms with Crippen LogP contribution in [0.3, 0.4) is 0 Å². The van der Waals surface area contributed by atoms with Crippen LogP contribution in [0.25, 0.3) is 0 Å². The molecule has 0 aliphatic heterocycles. The van der Waals surface area contributed by atoms with Crippen molar-refractivity contribution in [3.05, 3.63) is 0 Å². The maximum Gasteiger partial charge on any atom is 0.133 e. The fraction of sp³-hybridized carbons (Fsp3) is 0.889. The van der Waals surface area contributed by atoms with Crippen molar-refractivity contribution in [2.75, 3.05) is 12.3 Å². The van der Waals surface area contributed by atoms with Gasteiger partial charge >= 0.3 is 0 Å². The Kier molecular flexibility index (Phi) is 16.1. The van der Waals surface area contributed by atoms with Crippen molar-refractivity contribution in [1.82, 2.24) is 5.32 Å². The van der Waals surface area contributed by atoms with Crippen LogP contribution in [0.1, 0.15) is 39.5 Å². The Hall–Kier alpha value is 0.863. The van der Waals surface area contributed by atoms with Gasteiger partial charge in [-0.05, 0) is 12.8 Å². The molecule has 0 saturated carbocycles. The minimum Gasteiger partial charge on any atom is -0.371 e. The molecular weight excluding hydrogens is 252 g/mol. The van der Waals surface area contributed by atoms with Gasteiger partial charge in [-0.25, -0.2) is 0 Å². The minimum absolute atomic E-state index is 0. The van der Waals surface area contributed by atoms with Crippen LogP contribution in [0, 0.1) is 0 Å². The molecule has 13 heavy (non-hydrogen) atoms. The predicted octanol–water partition coefficient (Wildman–Crippen LogP) is 3.19. The van der Waals surface area contributed by atoms with Gasteiger partial charge in [0.15, 0.2) is 0 Å². The Morgan fingerprint density at radius 1 is 1.23 bits per heavy atom. The second kappa shape index (κ2) is 12.9. The van der Waals surface area contributed by atoms with Crippen LogP contribution in [0.2, 0.25) is 0 Å². The normalized spacial score (nSPS) is 9.08. The molecule has 0 fully saturated rings. The minimum atomic E-state index is 0. The SMILES string of the molecule is CCCCNC(=S)SCCCC.[Zn]. The first-order valence-electron chi connectivity index (χ1n) is 4.71. The van der Waals surface area contributed by atoms with Gasteiger partial charge in [0, 0.05) is 31.8 Å². The van der Waals surface area contributed by atoms with Gasteiger partial charge in [-0.1, -0.05) is 50.7 Å². The fourth-order valence-electron chi connectivity index (χ4n) is 0.727. The zero-order valence-corrected chi connectivity index (χ0v) is 13.4. The summed E-state index contributed by atoms with van der Waals surface area (Å²) in [6.45, 7) is 5.43. The molecule has 0 aliphatic carbocycles. The van der Waals surface area contributed by atoms with E-state index in [1.165, 1.54) is 25.7 Å². The molecule has 0 atom stereocenters. The molecule has 0 aromatic rings. The van der Waals surface area contributed by atoms with Crippen molar-refractivity contribution < 1.29 is 19.5 Å². The number of thiocarbonyl (C=S) groups is 1. The van der Waals surface area contributed by atoms with Gasteiger partial charge in [0.1, 0.15) is 4.32 Å². The summed E-state index contributed by atoms with van der Waals surface area (Å²) in [6.07, 6.45) is 4.97. The zero-order valence-electron chi connectivity index (χ0n) is 8.77. The van der Waals surface area contributed by atoms with E-state index >= 15 is 0 Å². The molecule has 0 aromatic carbocycles. The van der Waals surface area contributed by atoms with Crippen LogP contribution in [0.5, 0.6) is 0 Å². The number of thioether (sulfide) groups is 1. The summed E-state index contributed by atoms with van der Waals surface area (Å²) in [6, 6.07) is 0. The maximum absolute atomic E-state index is 5.13. The van der Waals surface area contributed by atoms with Crippen molar-refractivity contribution in [3.8, 4) is 0 Å². The van der Waals surface area contributed by atoms with Gasteiger partial charge < -0.3 is 5.32 Å². The number of hydrogen-bond acceptors (Lipinski definition) is 2. The molecule has 1 nitrogen and oxygen atoms in total. The largest absolute Gasteiger partial charge is 0.371 e. The number of unbranched alkanes of at least 4 members (excludes halogenated alkanes) is 2. The maximum atomic E-state index is 5.13. The first-order valence-corrected chi connectivity index (χ1v) is 6.11. The van der Waals surface area contributed by atoms with Crippen LogP contribution in [0.4, 0.5) is 0 Å². The molecule has 74 valence electrons. The summed E-state index contributed by atoms with van der Waals surface area (Å²) in [5.74, 6) is 1.16. The van der Waals surface area contributed by atoms with E-state index in [9.17, 15) is 0 Å². The average Bonchev–Trinajstić information content (AvgIpc) is 2.06. The van der Waals surface area contributed by atoms with Gasteiger partial charge in [-0.2, -0.15) is 0 Å². The molecule has 0 spiro atoms. The van der Waals surface area contributed by atoms with Gasteiger partial charge in [-0.15, -0.1) is 0 Å². The van der Waals surface area contributed by atoms with Gasteiger partial charge in [0.05, 0.1) is 0 Å². The Morgan fingerprint density at radius 3 is 2.38 bits per heavy atom. The topological polar surface area (TPSA) is 12.0 Å². The van der Waals surface area contributed by atoms with Crippen LogP contribution < -0.4 is 5.32 Å². The van der Waals surface area contributed by atoms with Gasteiger partial charge in [0.25, 0.3) is 0 Å². The molecule has 0 radical (unpaired) electrons. The third kappa shape index (κ3) is 12.9. The van der Waals surface area contributed by atoms with E-state index in [-0.39, 0.29) is 19.5 Å². The zero-order chi connectivity index (χ0) is 9.23. The van der Waals surface area contributed by atoms with Crippen LogP contribution in [-0.4, -0.2) is 16.6 Å². The third-order valence-corrected chi connectivity index (χ3v) is 2.93. The molecule has 0 rings (SSSR count). The monoisotopic (exact) mass is 269 g/mol. The van der Waals surface area contributed by atoms with E-state index in [4.69, 9.17) is 12.2 Å². The Balaban J connectivity index is 0. The summed E-state index contributed by atoms with van der Waals surface area (Å²) in [5, 5.41) is 3.24. The van der Waals surface area contributed by atoms with E-state index in [2.05, 4.69) is 19.2 Å². The molecule has 1 N–H and O–H groups in total.